The van der Waals surface area contributed by atoms with Crippen LogP contribution in [-0.4, -0.2) is 36.6 Å². The Morgan fingerprint density at radius 1 is 1.55 bits per heavy atom. The molecule has 1 aliphatic heterocycles. The van der Waals surface area contributed by atoms with Crippen molar-refractivity contribution in [1.82, 2.24) is 4.90 Å². The van der Waals surface area contributed by atoms with Crippen molar-refractivity contribution in [2.45, 2.75) is 32.3 Å². The number of amides is 1. The van der Waals surface area contributed by atoms with Crippen molar-refractivity contribution < 1.29 is 9.53 Å². The molecule has 1 aromatic rings. The van der Waals surface area contributed by atoms with Crippen molar-refractivity contribution >= 4 is 40.1 Å². The molecule has 0 aromatic heterocycles. The number of piperidine rings is 1. The van der Waals surface area contributed by atoms with E-state index in [1.54, 1.807) is 6.07 Å². The Hall–Kier alpha value is -0.330. The Balaban J connectivity index is 2.02. The third-order valence-electron chi connectivity index (χ3n) is 3.39. The number of carbonyl (C=O) groups is 1. The SMILES string of the molecule is CCCOC1CCCN(C(=O)c2ccc(I)c(Cl)c2)C1. The number of likely N-dealkylation sites (tertiary alicyclic amines) is 1. The molecule has 1 aromatic carbocycles. The summed E-state index contributed by atoms with van der Waals surface area (Å²) in [6, 6.07) is 5.47. The predicted molar refractivity (Wildman–Crippen MR) is 89.3 cm³/mol. The zero-order valence-corrected chi connectivity index (χ0v) is 14.5. The Morgan fingerprint density at radius 2 is 2.35 bits per heavy atom. The summed E-state index contributed by atoms with van der Waals surface area (Å²) in [5.41, 5.74) is 0.659. The highest BCUT2D eigenvalue weighted by Crippen LogP contribution is 2.22. The molecule has 1 saturated heterocycles. The van der Waals surface area contributed by atoms with Crippen LogP contribution in [0.1, 0.15) is 36.5 Å². The van der Waals surface area contributed by atoms with Crippen LogP contribution >= 0.6 is 34.2 Å². The van der Waals surface area contributed by atoms with Crippen molar-refractivity contribution in [3.8, 4) is 0 Å². The molecule has 0 aliphatic carbocycles. The van der Waals surface area contributed by atoms with E-state index < -0.39 is 0 Å². The Bertz CT molecular complexity index is 481. The molecule has 1 unspecified atom stereocenters. The molecule has 1 amide bonds. The van der Waals surface area contributed by atoms with Crippen LogP contribution in [0, 0.1) is 3.57 Å². The second-order valence-corrected chi connectivity index (χ2v) is 6.58. The number of carbonyl (C=O) groups excluding carboxylic acids is 1. The van der Waals surface area contributed by atoms with Crippen molar-refractivity contribution in [1.29, 1.82) is 0 Å². The smallest absolute Gasteiger partial charge is 0.253 e. The number of hydrogen-bond donors (Lipinski definition) is 0. The highest BCUT2D eigenvalue weighted by atomic mass is 127. The van der Waals surface area contributed by atoms with Crippen molar-refractivity contribution in [2.75, 3.05) is 19.7 Å². The quantitative estimate of drug-likeness (QED) is 0.707. The molecule has 110 valence electrons. The first kappa shape index (κ1) is 16.0. The fraction of sp³-hybridized carbons (Fsp3) is 0.533. The van der Waals surface area contributed by atoms with Gasteiger partial charge in [-0.1, -0.05) is 18.5 Å². The molecule has 5 heteroatoms. The Kier molecular flexibility index (Phi) is 6.11. The maximum absolute atomic E-state index is 12.5. The third-order valence-corrected chi connectivity index (χ3v) is 4.96. The lowest BCUT2D eigenvalue weighted by Crippen LogP contribution is -2.43. The summed E-state index contributed by atoms with van der Waals surface area (Å²) >= 11 is 8.25. The molecule has 0 saturated carbocycles. The van der Waals surface area contributed by atoms with E-state index in [9.17, 15) is 4.79 Å². The number of nitrogens with zero attached hydrogens (tertiary/aromatic N) is 1. The monoisotopic (exact) mass is 407 g/mol. The van der Waals surface area contributed by atoms with Crippen LogP contribution in [0.15, 0.2) is 18.2 Å². The van der Waals surface area contributed by atoms with Crippen LogP contribution < -0.4 is 0 Å². The molecular weight excluding hydrogens is 389 g/mol. The normalized spacial score (nSPS) is 19.1. The largest absolute Gasteiger partial charge is 0.376 e. The van der Waals surface area contributed by atoms with E-state index in [0.717, 1.165) is 36.0 Å². The summed E-state index contributed by atoms with van der Waals surface area (Å²) in [6.07, 6.45) is 3.22. The van der Waals surface area contributed by atoms with Crippen LogP contribution in [0.4, 0.5) is 0 Å². The molecule has 0 radical (unpaired) electrons. The zero-order chi connectivity index (χ0) is 14.5. The van der Waals surface area contributed by atoms with Gasteiger partial charge in [0.05, 0.1) is 11.1 Å². The summed E-state index contributed by atoms with van der Waals surface area (Å²) in [5.74, 6) is 0.0492. The molecule has 0 spiro atoms. The molecular formula is C15H19ClINO2. The molecule has 1 heterocycles. The lowest BCUT2D eigenvalue weighted by molar-refractivity contribution is 0.00211. The third kappa shape index (κ3) is 4.09. The first-order chi connectivity index (χ1) is 9.61. The van der Waals surface area contributed by atoms with Gasteiger partial charge in [0.1, 0.15) is 0 Å². The summed E-state index contributed by atoms with van der Waals surface area (Å²) in [5, 5.41) is 0.632. The zero-order valence-electron chi connectivity index (χ0n) is 11.6. The molecule has 2 rings (SSSR count). The van der Waals surface area contributed by atoms with Gasteiger partial charge in [0.15, 0.2) is 0 Å². The van der Waals surface area contributed by atoms with E-state index in [0.29, 0.717) is 17.1 Å². The van der Waals surface area contributed by atoms with Gasteiger partial charge < -0.3 is 9.64 Å². The average molecular weight is 408 g/mol. The van der Waals surface area contributed by atoms with Crippen molar-refractivity contribution in [3.63, 3.8) is 0 Å². The van der Waals surface area contributed by atoms with Gasteiger partial charge in [-0.15, -0.1) is 0 Å². The van der Waals surface area contributed by atoms with Gasteiger partial charge >= 0.3 is 0 Å². The van der Waals surface area contributed by atoms with E-state index in [1.165, 1.54) is 0 Å². The molecule has 1 atom stereocenters. The summed E-state index contributed by atoms with van der Waals surface area (Å²) in [4.78, 5) is 14.4. The number of benzene rings is 1. The predicted octanol–water partition coefficient (Wildman–Crippen LogP) is 3.98. The van der Waals surface area contributed by atoms with E-state index in [4.69, 9.17) is 16.3 Å². The topological polar surface area (TPSA) is 29.5 Å². The highest BCUT2D eigenvalue weighted by molar-refractivity contribution is 14.1. The Labute approximate surface area is 138 Å². The lowest BCUT2D eigenvalue weighted by atomic mass is 10.1. The molecule has 0 N–H and O–H groups in total. The van der Waals surface area contributed by atoms with Gasteiger partial charge in [-0.05, 0) is 60.1 Å². The van der Waals surface area contributed by atoms with E-state index >= 15 is 0 Å². The van der Waals surface area contributed by atoms with Gasteiger partial charge in [-0.2, -0.15) is 0 Å². The van der Waals surface area contributed by atoms with Gasteiger partial charge in [0.2, 0.25) is 0 Å². The Morgan fingerprint density at radius 3 is 3.05 bits per heavy atom. The first-order valence-corrected chi connectivity index (χ1v) is 8.43. The maximum atomic E-state index is 12.5. The minimum absolute atomic E-state index is 0.0492. The average Bonchev–Trinajstić information content (AvgIpc) is 2.47. The molecule has 0 bridgehead atoms. The van der Waals surface area contributed by atoms with Crippen LogP contribution in [0.2, 0.25) is 5.02 Å². The number of halogens is 2. The second kappa shape index (κ2) is 7.61. The van der Waals surface area contributed by atoms with Crippen LogP contribution in [0.5, 0.6) is 0 Å². The summed E-state index contributed by atoms with van der Waals surface area (Å²) < 4.78 is 6.73. The van der Waals surface area contributed by atoms with Gasteiger partial charge in [0, 0.05) is 28.8 Å². The van der Waals surface area contributed by atoms with Gasteiger partial charge in [0.25, 0.3) is 5.91 Å². The van der Waals surface area contributed by atoms with Crippen molar-refractivity contribution in [2.24, 2.45) is 0 Å². The van der Waals surface area contributed by atoms with Gasteiger partial charge in [-0.25, -0.2) is 0 Å². The van der Waals surface area contributed by atoms with Crippen LogP contribution in [-0.2, 0) is 4.74 Å². The fourth-order valence-electron chi connectivity index (χ4n) is 2.35. The molecule has 20 heavy (non-hydrogen) atoms. The first-order valence-electron chi connectivity index (χ1n) is 6.97. The minimum atomic E-state index is 0.0492. The van der Waals surface area contributed by atoms with E-state index in [-0.39, 0.29) is 12.0 Å². The van der Waals surface area contributed by atoms with E-state index in [2.05, 4.69) is 29.5 Å². The van der Waals surface area contributed by atoms with Crippen LogP contribution in [0.25, 0.3) is 0 Å². The fourth-order valence-corrected chi connectivity index (χ4v) is 2.87. The molecule has 3 nitrogen and oxygen atoms in total. The van der Waals surface area contributed by atoms with Crippen LogP contribution in [0.3, 0.4) is 0 Å². The minimum Gasteiger partial charge on any atom is -0.376 e. The summed E-state index contributed by atoms with van der Waals surface area (Å²) in [6.45, 7) is 4.35. The highest BCUT2D eigenvalue weighted by Gasteiger charge is 2.25. The lowest BCUT2D eigenvalue weighted by Gasteiger charge is -2.32. The number of rotatable bonds is 4. The number of hydrogen-bond acceptors (Lipinski definition) is 2. The number of ether oxygens (including phenoxy) is 1. The second-order valence-electron chi connectivity index (χ2n) is 5.02. The van der Waals surface area contributed by atoms with Gasteiger partial charge in [-0.3, -0.25) is 4.79 Å². The standard InChI is InChI=1S/C15H19ClINO2/c1-2-8-20-12-4-3-7-18(10-12)15(19)11-5-6-14(17)13(16)9-11/h5-6,9,12H,2-4,7-8,10H2,1H3. The molecule has 1 fully saturated rings. The maximum Gasteiger partial charge on any atom is 0.253 e. The van der Waals surface area contributed by atoms with Crippen molar-refractivity contribution in [3.05, 3.63) is 32.4 Å². The van der Waals surface area contributed by atoms with E-state index in [1.807, 2.05) is 17.0 Å². The summed E-state index contributed by atoms with van der Waals surface area (Å²) in [7, 11) is 0. The molecule has 1 aliphatic rings.